The van der Waals surface area contributed by atoms with E-state index in [9.17, 15) is 18.7 Å². The third kappa shape index (κ3) is 3.59. The second-order valence-electron chi connectivity index (χ2n) is 5.60. The van der Waals surface area contributed by atoms with E-state index in [1.807, 2.05) is 11.8 Å². The van der Waals surface area contributed by atoms with Crippen LogP contribution in [0.5, 0.6) is 0 Å². The SMILES string of the molecule is CCCC(C(=O)O)N1CCC(c2cccc(F)c2F)CC1. The zero-order valence-electron chi connectivity index (χ0n) is 12.2. The van der Waals surface area contributed by atoms with Gasteiger partial charge in [0.15, 0.2) is 11.6 Å². The fourth-order valence-corrected chi connectivity index (χ4v) is 3.09. The molecular weight excluding hydrogens is 276 g/mol. The van der Waals surface area contributed by atoms with E-state index in [1.165, 1.54) is 6.07 Å². The molecule has 0 saturated carbocycles. The Balaban J connectivity index is 2.02. The highest BCUT2D eigenvalue weighted by Crippen LogP contribution is 2.31. The minimum atomic E-state index is -0.815. The van der Waals surface area contributed by atoms with Gasteiger partial charge in [-0.05, 0) is 49.9 Å². The van der Waals surface area contributed by atoms with Crippen LogP contribution in [0, 0.1) is 11.6 Å². The summed E-state index contributed by atoms with van der Waals surface area (Å²) in [7, 11) is 0. The van der Waals surface area contributed by atoms with Crippen molar-refractivity contribution >= 4 is 5.97 Å². The molecule has 1 saturated heterocycles. The summed E-state index contributed by atoms with van der Waals surface area (Å²) < 4.78 is 27.1. The molecular formula is C16H21F2NO2. The fourth-order valence-electron chi connectivity index (χ4n) is 3.09. The maximum absolute atomic E-state index is 13.8. The zero-order chi connectivity index (χ0) is 15.4. The van der Waals surface area contributed by atoms with Crippen LogP contribution >= 0.6 is 0 Å². The van der Waals surface area contributed by atoms with Crippen LogP contribution < -0.4 is 0 Å². The summed E-state index contributed by atoms with van der Waals surface area (Å²) in [6.07, 6.45) is 2.76. The Morgan fingerprint density at radius 2 is 2.05 bits per heavy atom. The quantitative estimate of drug-likeness (QED) is 0.905. The van der Waals surface area contributed by atoms with Gasteiger partial charge in [0.2, 0.25) is 0 Å². The van der Waals surface area contributed by atoms with E-state index in [2.05, 4.69) is 0 Å². The van der Waals surface area contributed by atoms with E-state index in [4.69, 9.17) is 0 Å². The van der Waals surface area contributed by atoms with Crippen molar-refractivity contribution < 1.29 is 18.7 Å². The third-order valence-electron chi connectivity index (χ3n) is 4.24. The number of carboxylic acid groups (broad SMARTS) is 1. The van der Waals surface area contributed by atoms with Gasteiger partial charge in [0.25, 0.3) is 0 Å². The molecule has 116 valence electrons. The molecule has 1 fully saturated rings. The van der Waals surface area contributed by atoms with Gasteiger partial charge in [-0.1, -0.05) is 25.5 Å². The van der Waals surface area contributed by atoms with E-state index >= 15 is 0 Å². The molecule has 1 N–H and O–H groups in total. The molecule has 1 aromatic carbocycles. The molecule has 0 aliphatic carbocycles. The average molecular weight is 297 g/mol. The Kier molecular flexibility index (Phi) is 5.28. The molecule has 1 aliphatic rings. The van der Waals surface area contributed by atoms with E-state index in [1.54, 1.807) is 6.07 Å². The van der Waals surface area contributed by atoms with E-state index < -0.39 is 23.6 Å². The van der Waals surface area contributed by atoms with Crippen LogP contribution in [-0.4, -0.2) is 35.1 Å². The predicted octanol–water partition coefficient (Wildman–Crippen LogP) is 3.40. The lowest BCUT2D eigenvalue weighted by molar-refractivity contribution is -0.144. The Bertz CT molecular complexity index is 499. The summed E-state index contributed by atoms with van der Waals surface area (Å²) >= 11 is 0. The fraction of sp³-hybridized carbons (Fsp3) is 0.562. The van der Waals surface area contributed by atoms with Gasteiger partial charge in [-0.3, -0.25) is 9.69 Å². The maximum atomic E-state index is 13.8. The summed E-state index contributed by atoms with van der Waals surface area (Å²) in [5.41, 5.74) is 0.414. The molecule has 1 aliphatic heterocycles. The van der Waals surface area contributed by atoms with Crippen LogP contribution in [0.15, 0.2) is 18.2 Å². The summed E-state index contributed by atoms with van der Waals surface area (Å²) in [5.74, 6) is -2.41. The number of carboxylic acids is 1. The molecule has 1 heterocycles. The molecule has 2 rings (SSSR count). The van der Waals surface area contributed by atoms with Crippen molar-refractivity contribution in [2.45, 2.75) is 44.6 Å². The topological polar surface area (TPSA) is 40.5 Å². The Hall–Kier alpha value is -1.49. The van der Waals surface area contributed by atoms with Crippen molar-refractivity contribution in [2.75, 3.05) is 13.1 Å². The second-order valence-corrected chi connectivity index (χ2v) is 5.60. The summed E-state index contributed by atoms with van der Waals surface area (Å²) in [6, 6.07) is 3.81. The highest BCUT2D eigenvalue weighted by Gasteiger charge is 2.30. The number of aliphatic carboxylic acids is 1. The predicted molar refractivity (Wildman–Crippen MR) is 76.2 cm³/mol. The molecule has 0 radical (unpaired) electrons. The van der Waals surface area contributed by atoms with Gasteiger partial charge < -0.3 is 5.11 Å². The molecule has 0 bridgehead atoms. The first-order valence-corrected chi connectivity index (χ1v) is 7.45. The first kappa shape index (κ1) is 15.9. The standard InChI is InChI=1S/C16H21F2NO2/c1-2-4-14(16(20)21)19-9-7-11(8-10-19)12-5-3-6-13(17)15(12)18/h3,5-6,11,14H,2,4,7-10H2,1H3,(H,20,21). The van der Waals surface area contributed by atoms with Crippen molar-refractivity contribution in [2.24, 2.45) is 0 Å². The summed E-state index contributed by atoms with van der Waals surface area (Å²) in [6.45, 7) is 3.18. The first-order chi connectivity index (χ1) is 10.0. The molecule has 1 atom stereocenters. The van der Waals surface area contributed by atoms with Gasteiger partial charge >= 0.3 is 5.97 Å². The lowest BCUT2D eigenvalue weighted by Crippen LogP contribution is -2.45. The number of piperidine rings is 1. The molecule has 1 unspecified atom stereocenters. The van der Waals surface area contributed by atoms with Gasteiger partial charge in [-0.25, -0.2) is 8.78 Å². The number of hydrogen-bond acceptors (Lipinski definition) is 2. The van der Waals surface area contributed by atoms with Gasteiger partial charge in [0, 0.05) is 0 Å². The summed E-state index contributed by atoms with van der Waals surface area (Å²) in [5, 5.41) is 9.27. The Morgan fingerprint density at radius 1 is 1.38 bits per heavy atom. The molecule has 0 amide bonds. The van der Waals surface area contributed by atoms with Crippen molar-refractivity contribution in [1.29, 1.82) is 0 Å². The number of halogens is 2. The molecule has 21 heavy (non-hydrogen) atoms. The second kappa shape index (κ2) is 6.98. The average Bonchev–Trinajstić information content (AvgIpc) is 2.48. The lowest BCUT2D eigenvalue weighted by atomic mass is 9.88. The van der Waals surface area contributed by atoms with Crippen molar-refractivity contribution in [3.63, 3.8) is 0 Å². The van der Waals surface area contributed by atoms with Crippen LogP contribution in [0.2, 0.25) is 0 Å². The normalized spacial score (nSPS) is 18.6. The smallest absolute Gasteiger partial charge is 0.320 e. The lowest BCUT2D eigenvalue weighted by Gasteiger charge is -2.35. The Labute approximate surface area is 123 Å². The molecule has 5 heteroatoms. The summed E-state index contributed by atoms with van der Waals surface area (Å²) in [4.78, 5) is 13.2. The van der Waals surface area contributed by atoms with E-state index in [0.29, 0.717) is 37.9 Å². The highest BCUT2D eigenvalue weighted by molar-refractivity contribution is 5.73. The van der Waals surface area contributed by atoms with Crippen molar-refractivity contribution in [3.8, 4) is 0 Å². The van der Waals surface area contributed by atoms with Crippen molar-refractivity contribution in [1.82, 2.24) is 4.90 Å². The van der Waals surface area contributed by atoms with Gasteiger partial charge in [0.1, 0.15) is 6.04 Å². The van der Waals surface area contributed by atoms with Gasteiger partial charge in [-0.2, -0.15) is 0 Å². The monoisotopic (exact) mass is 297 g/mol. The number of rotatable bonds is 5. The van der Waals surface area contributed by atoms with Crippen LogP contribution in [0.1, 0.15) is 44.1 Å². The molecule has 0 aromatic heterocycles. The number of carbonyl (C=O) groups is 1. The van der Waals surface area contributed by atoms with Gasteiger partial charge in [0.05, 0.1) is 0 Å². The zero-order valence-corrected chi connectivity index (χ0v) is 12.2. The first-order valence-electron chi connectivity index (χ1n) is 7.45. The highest BCUT2D eigenvalue weighted by atomic mass is 19.2. The molecule has 3 nitrogen and oxygen atoms in total. The van der Waals surface area contributed by atoms with E-state index in [0.717, 1.165) is 12.5 Å². The van der Waals surface area contributed by atoms with E-state index in [-0.39, 0.29) is 5.92 Å². The maximum Gasteiger partial charge on any atom is 0.320 e. The van der Waals surface area contributed by atoms with Crippen LogP contribution in [0.4, 0.5) is 8.78 Å². The number of benzene rings is 1. The largest absolute Gasteiger partial charge is 0.480 e. The minimum Gasteiger partial charge on any atom is -0.480 e. The van der Waals surface area contributed by atoms with Gasteiger partial charge in [-0.15, -0.1) is 0 Å². The number of likely N-dealkylation sites (tertiary alicyclic amines) is 1. The van der Waals surface area contributed by atoms with Crippen LogP contribution in [0.25, 0.3) is 0 Å². The number of nitrogens with zero attached hydrogens (tertiary/aromatic N) is 1. The van der Waals surface area contributed by atoms with Crippen LogP contribution in [0.3, 0.4) is 0 Å². The number of hydrogen-bond donors (Lipinski definition) is 1. The minimum absolute atomic E-state index is 0.0342. The van der Waals surface area contributed by atoms with Crippen molar-refractivity contribution in [3.05, 3.63) is 35.4 Å². The third-order valence-corrected chi connectivity index (χ3v) is 4.24. The molecule has 0 spiro atoms. The van der Waals surface area contributed by atoms with Crippen LogP contribution in [-0.2, 0) is 4.79 Å². The molecule has 1 aromatic rings. The Morgan fingerprint density at radius 3 is 2.62 bits per heavy atom.